The first kappa shape index (κ1) is 19.5. The molecule has 0 saturated carbocycles. The molecular weight excluding hydrogens is 368 g/mol. The molecule has 0 bridgehead atoms. The number of hydrogen-bond acceptors (Lipinski definition) is 8. The van der Waals surface area contributed by atoms with Crippen LogP contribution in [0.15, 0.2) is 23.5 Å². The Balaban J connectivity index is 2.04. The Labute approximate surface area is 160 Å². The number of carboxylic acid groups (broad SMARTS) is 1. The van der Waals surface area contributed by atoms with Gasteiger partial charge in [0.2, 0.25) is 0 Å². The molecule has 1 saturated heterocycles. The molecule has 3 rings (SSSR count). The third-order valence-corrected chi connectivity index (χ3v) is 4.52. The van der Waals surface area contributed by atoms with Crippen LogP contribution in [0.4, 0.5) is 10.6 Å². The zero-order valence-electron chi connectivity index (χ0n) is 15.6. The van der Waals surface area contributed by atoms with E-state index in [2.05, 4.69) is 15.1 Å². The molecule has 4 atom stereocenters. The highest BCUT2D eigenvalue weighted by Gasteiger charge is 2.58. The third kappa shape index (κ3) is 3.23. The Morgan fingerprint density at radius 1 is 1.57 bits per heavy atom. The minimum Gasteiger partial charge on any atom is -0.450 e. The van der Waals surface area contributed by atoms with Gasteiger partial charge in [0.1, 0.15) is 30.1 Å². The molecule has 3 heterocycles. The van der Waals surface area contributed by atoms with E-state index in [0.717, 1.165) is 0 Å². The number of fused-ring (bicyclic) bond motifs is 1. The van der Waals surface area contributed by atoms with Crippen molar-refractivity contribution >= 4 is 23.8 Å². The topological polar surface area (TPSA) is 146 Å². The summed E-state index contributed by atoms with van der Waals surface area (Å²) in [5, 5.41) is 33.5. The molecule has 2 N–H and O–H groups in total. The number of carbonyl (C=O) groups is 1. The van der Waals surface area contributed by atoms with Gasteiger partial charge in [-0.3, -0.25) is 0 Å². The maximum absolute atomic E-state index is 11.1. The van der Waals surface area contributed by atoms with Crippen molar-refractivity contribution in [3.05, 3.63) is 24.2 Å². The second kappa shape index (κ2) is 7.41. The van der Waals surface area contributed by atoms with Crippen molar-refractivity contribution in [2.75, 3.05) is 14.1 Å². The van der Waals surface area contributed by atoms with Crippen molar-refractivity contribution in [1.29, 1.82) is 5.26 Å². The smallest absolute Gasteiger partial charge is 0.450 e. The van der Waals surface area contributed by atoms with Gasteiger partial charge in [0.15, 0.2) is 17.5 Å². The van der Waals surface area contributed by atoms with Gasteiger partial charge in [-0.1, -0.05) is 6.92 Å². The van der Waals surface area contributed by atoms with Gasteiger partial charge in [-0.15, -0.1) is 0 Å². The van der Waals surface area contributed by atoms with E-state index < -0.39 is 30.1 Å². The van der Waals surface area contributed by atoms with Crippen LogP contribution in [0.1, 0.15) is 25.1 Å². The average molecular weight is 388 g/mol. The maximum Gasteiger partial charge on any atom is 0.506 e. The Morgan fingerprint density at radius 2 is 2.32 bits per heavy atom. The van der Waals surface area contributed by atoms with Gasteiger partial charge in [0.25, 0.3) is 0 Å². The van der Waals surface area contributed by atoms with Crippen LogP contribution in [0.3, 0.4) is 0 Å². The molecule has 0 amide bonds. The Kier molecular flexibility index (Phi) is 5.17. The number of aliphatic hydroxyl groups excluding tert-OH is 1. The molecule has 0 aliphatic carbocycles. The Bertz CT molecular complexity index is 951. The largest absolute Gasteiger partial charge is 0.506 e. The predicted octanol–water partition coefficient (Wildman–Crippen LogP) is 1.12. The highest BCUT2D eigenvalue weighted by Crippen LogP contribution is 2.43. The molecule has 0 aromatic carbocycles. The van der Waals surface area contributed by atoms with Gasteiger partial charge in [0.05, 0.1) is 12.0 Å². The molecule has 0 radical (unpaired) electrons. The molecule has 2 aromatic rings. The molecule has 1 aliphatic rings. The summed E-state index contributed by atoms with van der Waals surface area (Å²) in [6, 6.07) is 5.32. The van der Waals surface area contributed by atoms with Crippen molar-refractivity contribution in [2.45, 2.75) is 37.3 Å². The summed E-state index contributed by atoms with van der Waals surface area (Å²) in [4.78, 5) is 21.2. The van der Waals surface area contributed by atoms with E-state index in [4.69, 9.17) is 14.6 Å². The fourth-order valence-corrected chi connectivity index (χ4v) is 3.19. The van der Waals surface area contributed by atoms with E-state index in [0.29, 0.717) is 17.0 Å². The zero-order valence-corrected chi connectivity index (χ0v) is 15.6. The van der Waals surface area contributed by atoms with Crippen LogP contribution in [0.2, 0.25) is 0 Å². The number of aliphatic imine (C=N–C) groups is 1. The summed E-state index contributed by atoms with van der Waals surface area (Å²) in [6.45, 7) is 1.66. The average Bonchev–Trinajstić information content (AvgIpc) is 3.20. The van der Waals surface area contributed by atoms with Gasteiger partial charge in [-0.2, -0.15) is 10.4 Å². The number of rotatable bonds is 5. The fourth-order valence-electron chi connectivity index (χ4n) is 3.19. The highest BCUT2D eigenvalue weighted by molar-refractivity contribution is 5.71. The van der Waals surface area contributed by atoms with Crippen molar-refractivity contribution < 1.29 is 24.5 Å². The summed E-state index contributed by atoms with van der Waals surface area (Å²) in [6.07, 6.45) is -2.34. The second-order valence-electron chi connectivity index (χ2n) is 6.54. The normalized spacial score (nSPS) is 27.2. The lowest BCUT2D eigenvalue weighted by atomic mass is 9.93. The van der Waals surface area contributed by atoms with Gasteiger partial charge in [-0.25, -0.2) is 19.3 Å². The van der Waals surface area contributed by atoms with E-state index in [9.17, 15) is 15.2 Å². The van der Waals surface area contributed by atoms with Crippen LogP contribution in [0.5, 0.6) is 0 Å². The quantitative estimate of drug-likeness (QED) is 0.437. The van der Waals surface area contributed by atoms with Crippen molar-refractivity contribution in [3.8, 4) is 6.07 Å². The number of aromatic nitrogens is 3. The molecule has 0 spiro atoms. The van der Waals surface area contributed by atoms with Crippen LogP contribution in [-0.2, 0) is 9.47 Å². The van der Waals surface area contributed by atoms with Gasteiger partial charge in [-0.05, 0) is 18.6 Å². The van der Waals surface area contributed by atoms with Crippen molar-refractivity contribution in [2.24, 2.45) is 4.99 Å². The molecular formula is C17H20N6O5. The van der Waals surface area contributed by atoms with Gasteiger partial charge in [0, 0.05) is 14.1 Å². The van der Waals surface area contributed by atoms with Crippen LogP contribution < -0.4 is 0 Å². The van der Waals surface area contributed by atoms with E-state index in [-0.39, 0.29) is 6.42 Å². The van der Waals surface area contributed by atoms with E-state index >= 15 is 0 Å². The van der Waals surface area contributed by atoms with E-state index in [1.165, 1.54) is 10.8 Å². The number of nitriles is 1. The fraction of sp³-hybridized carbons (Fsp3) is 0.471. The zero-order chi connectivity index (χ0) is 20.5. The summed E-state index contributed by atoms with van der Waals surface area (Å²) >= 11 is 0. The molecule has 11 nitrogen and oxygen atoms in total. The minimum atomic E-state index is -1.61. The van der Waals surface area contributed by atoms with Crippen LogP contribution in [0, 0.1) is 11.3 Å². The SMILES string of the molecule is CC[C@@]1(C#N)O[C@@H](c2ccc3c(N=CN(C)C)ncnn23)[C@H](O)[C@@H]1OC(=O)O. The first-order valence-corrected chi connectivity index (χ1v) is 8.53. The number of aliphatic hydroxyl groups is 1. The lowest BCUT2D eigenvalue weighted by Crippen LogP contribution is -2.44. The first-order valence-electron chi connectivity index (χ1n) is 8.53. The number of nitrogens with zero attached hydrogens (tertiary/aromatic N) is 6. The number of ether oxygens (including phenoxy) is 2. The van der Waals surface area contributed by atoms with Crippen LogP contribution in [0.25, 0.3) is 5.52 Å². The van der Waals surface area contributed by atoms with Gasteiger partial charge < -0.3 is 24.6 Å². The number of hydrogen-bond donors (Lipinski definition) is 2. The van der Waals surface area contributed by atoms with Crippen molar-refractivity contribution in [1.82, 2.24) is 19.5 Å². The molecule has 2 aromatic heterocycles. The summed E-state index contributed by atoms with van der Waals surface area (Å²) < 4.78 is 12.1. The predicted molar refractivity (Wildman–Crippen MR) is 96.2 cm³/mol. The highest BCUT2D eigenvalue weighted by atomic mass is 16.7. The molecule has 11 heteroatoms. The maximum atomic E-state index is 11.1. The van der Waals surface area contributed by atoms with Crippen LogP contribution >= 0.6 is 0 Å². The lowest BCUT2D eigenvalue weighted by Gasteiger charge is -2.25. The first-order chi connectivity index (χ1) is 13.3. The third-order valence-electron chi connectivity index (χ3n) is 4.52. The monoisotopic (exact) mass is 388 g/mol. The summed E-state index contributed by atoms with van der Waals surface area (Å²) in [5.74, 6) is 0.405. The van der Waals surface area contributed by atoms with Crippen LogP contribution in [-0.4, -0.2) is 74.1 Å². The second-order valence-corrected chi connectivity index (χ2v) is 6.54. The summed E-state index contributed by atoms with van der Waals surface area (Å²) in [7, 11) is 3.64. The lowest BCUT2D eigenvalue weighted by molar-refractivity contribution is -0.0595. The van der Waals surface area contributed by atoms with E-state index in [1.807, 2.05) is 20.2 Å². The molecule has 28 heavy (non-hydrogen) atoms. The Hall–Kier alpha value is -3.23. The minimum absolute atomic E-state index is 0.131. The van der Waals surface area contributed by atoms with E-state index in [1.54, 1.807) is 30.3 Å². The molecule has 1 fully saturated rings. The van der Waals surface area contributed by atoms with Crippen molar-refractivity contribution in [3.63, 3.8) is 0 Å². The molecule has 0 unspecified atom stereocenters. The standard InChI is InChI=1S/C17H20N6O5/c1-4-17(7-18)14(27-16(25)26)12(24)13(28-17)10-5-6-11-15(20-9-22(2)3)19-8-21-23(10)11/h5-6,8-9,12-14,24H,4H2,1-3H3,(H,25,26)/t12-,13-,14-,17-/m0/s1. The van der Waals surface area contributed by atoms with Gasteiger partial charge >= 0.3 is 6.16 Å². The molecule has 148 valence electrons. The molecule has 1 aliphatic heterocycles. The summed E-state index contributed by atoms with van der Waals surface area (Å²) in [5.41, 5.74) is -0.616. The Morgan fingerprint density at radius 3 is 2.93 bits per heavy atom.